The van der Waals surface area contributed by atoms with Crippen molar-refractivity contribution in [2.45, 2.75) is 6.04 Å². The molecular weight excluding hydrogens is 295 g/mol. The number of hydrogen-bond donors (Lipinski definition) is 1. The van der Waals surface area contributed by atoms with Crippen LogP contribution in [0.3, 0.4) is 0 Å². The fraction of sp³-hybridized carbons (Fsp3) is 0.364. The molecule has 19 heavy (non-hydrogen) atoms. The summed E-state index contributed by atoms with van der Waals surface area (Å²) in [6.07, 6.45) is 1.26. The molecule has 1 N–H and O–H groups in total. The highest BCUT2D eigenvalue weighted by molar-refractivity contribution is 6.35. The maximum atomic E-state index is 12.3. The molecule has 1 aliphatic heterocycles. The number of aliphatic carboxylic acids is 1. The number of hydrogen-bond acceptors (Lipinski definition) is 4. The number of morpholine rings is 1. The Morgan fingerprint density at radius 2 is 2.21 bits per heavy atom. The molecule has 0 saturated carbocycles. The van der Waals surface area contributed by atoms with Crippen molar-refractivity contribution in [2.75, 3.05) is 19.8 Å². The molecule has 1 fully saturated rings. The summed E-state index contributed by atoms with van der Waals surface area (Å²) in [5.41, 5.74) is 0.134. The van der Waals surface area contributed by atoms with E-state index in [1.807, 2.05) is 0 Å². The quantitative estimate of drug-likeness (QED) is 0.833. The molecule has 1 atom stereocenters. The Hall–Kier alpha value is -1.37. The van der Waals surface area contributed by atoms with E-state index in [1.165, 1.54) is 17.2 Å². The van der Waals surface area contributed by atoms with Gasteiger partial charge in [-0.05, 0) is 6.07 Å². The third-order valence-corrected chi connectivity index (χ3v) is 3.23. The zero-order valence-electron chi connectivity index (χ0n) is 9.68. The Morgan fingerprint density at radius 3 is 2.89 bits per heavy atom. The lowest BCUT2D eigenvalue weighted by atomic mass is 10.1. The predicted molar refractivity (Wildman–Crippen MR) is 67.5 cm³/mol. The minimum Gasteiger partial charge on any atom is -0.480 e. The predicted octanol–water partition coefficient (Wildman–Crippen LogP) is 1.31. The minimum absolute atomic E-state index is 0.0441. The Bertz CT molecular complexity index is 523. The van der Waals surface area contributed by atoms with Gasteiger partial charge in [0.25, 0.3) is 5.91 Å². The fourth-order valence-electron chi connectivity index (χ4n) is 1.78. The number of nitrogens with zero attached hydrogens (tertiary/aromatic N) is 2. The van der Waals surface area contributed by atoms with Gasteiger partial charge in [0, 0.05) is 12.7 Å². The number of amides is 1. The van der Waals surface area contributed by atoms with E-state index in [4.69, 9.17) is 33.0 Å². The van der Waals surface area contributed by atoms with Gasteiger partial charge in [-0.3, -0.25) is 4.79 Å². The van der Waals surface area contributed by atoms with Crippen molar-refractivity contribution in [3.05, 3.63) is 28.0 Å². The van der Waals surface area contributed by atoms with Gasteiger partial charge < -0.3 is 14.7 Å². The van der Waals surface area contributed by atoms with E-state index >= 15 is 0 Å². The molecular formula is C11H10Cl2N2O4. The number of ether oxygens (including phenoxy) is 1. The summed E-state index contributed by atoms with van der Waals surface area (Å²) in [7, 11) is 0. The summed E-state index contributed by atoms with van der Waals surface area (Å²) in [4.78, 5) is 28.4. The molecule has 2 rings (SSSR count). The molecule has 0 radical (unpaired) electrons. The Balaban J connectivity index is 2.31. The zero-order valence-corrected chi connectivity index (χ0v) is 11.2. The van der Waals surface area contributed by atoms with Crippen molar-refractivity contribution in [2.24, 2.45) is 0 Å². The van der Waals surface area contributed by atoms with Crippen LogP contribution < -0.4 is 0 Å². The lowest BCUT2D eigenvalue weighted by molar-refractivity contribution is -0.147. The fourth-order valence-corrected chi connectivity index (χ4v) is 2.13. The second-order valence-electron chi connectivity index (χ2n) is 3.91. The van der Waals surface area contributed by atoms with Crippen LogP contribution in [0.25, 0.3) is 0 Å². The highest BCUT2D eigenvalue weighted by Crippen LogP contribution is 2.22. The summed E-state index contributed by atoms with van der Waals surface area (Å²) < 4.78 is 5.07. The first-order valence-corrected chi connectivity index (χ1v) is 6.19. The summed E-state index contributed by atoms with van der Waals surface area (Å²) in [6.45, 7) is 0.426. The highest BCUT2D eigenvalue weighted by atomic mass is 35.5. The average Bonchev–Trinajstić information content (AvgIpc) is 2.40. The number of carbonyl (C=O) groups is 2. The number of carbonyl (C=O) groups excluding carboxylic acids is 1. The highest BCUT2D eigenvalue weighted by Gasteiger charge is 2.34. The van der Waals surface area contributed by atoms with Gasteiger partial charge in [-0.1, -0.05) is 23.2 Å². The molecule has 1 saturated heterocycles. The summed E-state index contributed by atoms with van der Waals surface area (Å²) in [5.74, 6) is -1.62. The van der Waals surface area contributed by atoms with E-state index in [2.05, 4.69) is 4.98 Å². The van der Waals surface area contributed by atoms with E-state index < -0.39 is 17.9 Å². The van der Waals surface area contributed by atoms with E-state index in [1.54, 1.807) is 0 Å². The molecule has 1 aliphatic rings. The second kappa shape index (κ2) is 5.73. The summed E-state index contributed by atoms with van der Waals surface area (Å²) in [5, 5.41) is 9.33. The monoisotopic (exact) mass is 304 g/mol. The number of halogens is 2. The first kappa shape index (κ1) is 14.0. The smallest absolute Gasteiger partial charge is 0.328 e. The van der Waals surface area contributed by atoms with Crippen LogP contribution in [0.4, 0.5) is 0 Å². The van der Waals surface area contributed by atoms with Crippen molar-refractivity contribution in [3.63, 3.8) is 0 Å². The van der Waals surface area contributed by atoms with Crippen LogP contribution >= 0.6 is 23.2 Å². The molecule has 0 aromatic carbocycles. The lowest BCUT2D eigenvalue weighted by Crippen LogP contribution is -2.52. The first-order chi connectivity index (χ1) is 9.00. The maximum absolute atomic E-state index is 12.3. The SMILES string of the molecule is O=C(O)C1COCCN1C(=O)c1cc(Cl)ncc1Cl. The molecule has 6 nitrogen and oxygen atoms in total. The van der Waals surface area contributed by atoms with Gasteiger partial charge >= 0.3 is 5.97 Å². The molecule has 102 valence electrons. The Kier molecular flexibility index (Phi) is 4.24. The minimum atomic E-state index is -1.12. The molecule has 0 spiro atoms. The maximum Gasteiger partial charge on any atom is 0.328 e. The van der Waals surface area contributed by atoms with Crippen LogP contribution in [0.1, 0.15) is 10.4 Å². The molecule has 1 unspecified atom stereocenters. The summed E-state index contributed by atoms with van der Waals surface area (Å²) in [6, 6.07) is 0.296. The Labute approximate surface area is 118 Å². The molecule has 0 bridgehead atoms. The van der Waals surface area contributed by atoms with Gasteiger partial charge in [0.1, 0.15) is 5.15 Å². The number of carboxylic acid groups (broad SMARTS) is 1. The third kappa shape index (κ3) is 2.97. The third-order valence-electron chi connectivity index (χ3n) is 2.73. The van der Waals surface area contributed by atoms with Gasteiger partial charge in [-0.25, -0.2) is 9.78 Å². The van der Waals surface area contributed by atoms with Crippen molar-refractivity contribution in [1.82, 2.24) is 9.88 Å². The number of aromatic nitrogens is 1. The van der Waals surface area contributed by atoms with Crippen molar-refractivity contribution < 1.29 is 19.4 Å². The van der Waals surface area contributed by atoms with Gasteiger partial charge in [0.15, 0.2) is 6.04 Å². The van der Waals surface area contributed by atoms with Gasteiger partial charge in [0.2, 0.25) is 0 Å². The molecule has 1 amide bonds. The topological polar surface area (TPSA) is 79.7 Å². The second-order valence-corrected chi connectivity index (χ2v) is 4.71. The van der Waals surface area contributed by atoms with Crippen molar-refractivity contribution in [3.8, 4) is 0 Å². The normalized spacial score (nSPS) is 19.3. The van der Waals surface area contributed by atoms with Gasteiger partial charge in [-0.15, -0.1) is 0 Å². The summed E-state index contributed by atoms with van der Waals surface area (Å²) >= 11 is 11.6. The van der Waals surface area contributed by atoms with E-state index in [0.717, 1.165) is 0 Å². The van der Waals surface area contributed by atoms with Gasteiger partial charge in [0.05, 0.1) is 23.8 Å². The largest absolute Gasteiger partial charge is 0.480 e. The standard InChI is InChI=1S/C11H10Cl2N2O4/c12-7-4-14-9(13)3-6(7)10(16)15-1-2-19-5-8(15)11(17)18/h3-4,8H,1-2,5H2,(H,17,18). The number of rotatable bonds is 2. The van der Waals surface area contributed by atoms with Crippen molar-refractivity contribution >= 4 is 35.1 Å². The number of carboxylic acids is 1. The van der Waals surface area contributed by atoms with E-state index in [0.29, 0.717) is 0 Å². The average molecular weight is 305 g/mol. The number of pyridine rings is 1. The van der Waals surface area contributed by atoms with Crippen LogP contribution in [-0.4, -0.2) is 52.7 Å². The van der Waals surface area contributed by atoms with Crippen LogP contribution in [0.2, 0.25) is 10.2 Å². The van der Waals surface area contributed by atoms with Crippen LogP contribution in [0.5, 0.6) is 0 Å². The van der Waals surface area contributed by atoms with E-state index in [9.17, 15) is 9.59 Å². The Morgan fingerprint density at radius 1 is 1.47 bits per heavy atom. The lowest BCUT2D eigenvalue weighted by Gasteiger charge is -2.33. The van der Waals surface area contributed by atoms with Gasteiger partial charge in [-0.2, -0.15) is 0 Å². The van der Waals surface area contributed by atoms with Crippen LogP contribution in [0, 0.1) is 0 Å². The molecule has 2 heterocycles. The molecule has 8 heteroatoms. The molecule has 1 aromatic heterocycles. The van der Waals surface area contributed by atoms with Crippen LogP contribution in [-0.2, 0) is 9.53 Å². The zero-order chi connectivity index (χ0) is 14.0. The first-order valence-electron chi connectivity index (χ1n) is 5.43. The van der Waals surface area contributed by atoms with Crippen molar-refractivity contribution in [1.29, 1.82) is 0 Å². The molecule has 1 aromatic rings. The molecule has 0 aliphatic carbocycles. The van der Waals surface area contributed by atoms with E-state index in [-0.39, 0.29) is 35.5 Å². The van der Waals surface area contributed by atoms with Crippen LogP contribution in [0.15, 0.2) is 12.3 Å².